The van der Waals surface area contributed by atoms with Gasteiger partial charge in [0.15, 0.2) is 5.76 Å². The van der Waals surface area contributed by atoms with Crippen LogP contribution in [0.4, 0.5) is 0 Å². The van der Waals surface area contributed by atoms with Gasteiger partial charge in [-0.15, -0.1) is 0 Å². The van der Waals surface area contributed by atoms with Crippen molar-refractivity contribution in [2.75, 3.05) is 0 Å². The van der Waals surface area contributed by atoms with Crippen LogP contribution < -0.4 is 10.8 Å². The maximum atomic E-state index is 12.5. The van der Waals surface area contributed by atoms with Crippen molar-refractivity contribution in [2.45, 2.75) is 18.4 Å². The SMILES string of the molecule is O=C(NO)c1ccc(C#CC2(NC(=O)c3cc4ccccc4o3)CC2)cc1. The molecule has 1 fully saturated rings. The zero-order valence-electron chi connectivity index (χ0n) is 14.3. The minimum atomic E-state index is -0.578. The molecule has 3 aromatic rings. The van der Waals surface area contributed by atoms with E-state index in [0.717, 1.165) is 18.2 Å². The first-order valence-electron chi connectivity index (χ1n) is 8.47. The summed E-state index contributed by atoms with van der Waals surface area (Å²) in [5.41, 5.74) is 2.76. The van der Waals surface area contributed by atoms with Crippen LogP contribution in [0.2, 0.25) is 0 Å². The Balaban J connectivity index is 1.47. The van der Waals surface area contributed by atoms with Gasteiger partial charge in [-0.25, -0.2) is 5.48 Å². The van der Waals surface area contributed by atoms with Crippen LogP contribution in [0.3, 0.4) is 0 Å². The van der Waals surface area contributed by atoms with Crippen LogP contribution >= 0.6 is 0 Å². The van der Waals surface area contributed by atoms with Gasteiger partial charge >= 0.3 is 0 Å². The Hall–Kier alpha value is -3.56. The monoisotopic (exact) mass is 360 g/mol. The van der Waals surface area contributed by atoms with Crippen LogP contribution in [0.15, 0.2) is 59.0 Å². The predicted molar refractivity (Wildman–Crippen MR) is 98.2 cm³/mol. The van der Waals surface area contributed by atoms with E-state index in [-0.39, 0.29) is 11.7 Å². The topological polar surface area (TPSA) is 91.6 Å². The Morgan fingerprint density at radius 1 is 1.04 bits per heavy atom. The summed E-state index contributed by atoms with van der Waals surface area (Å²) in [5.74, 6) is 5.54. The van der Waals surface area contributed by atoms with Gasteiger partial charge < -0.3 is 9.73 Å². The average molecular weight is 360 g/mol. The van der Waals surface area contributed by atoms with Crippen molar-refractivity contribution >= 4 is 22.8 Å². The summed E-state index contributed by atoms with van der Waals surface area (Å²) in [6.07, 6.45) is 1.55. The van der Waals surface area contributed by atoms with Crippen molar-refractivity contribution in [3.05, 3.63) is 71.5 Å². The second-order valence-corrected chi connectivity index (χ2v) is 6.45. The molecule has 6 nitrogen and oxygen atoms in total. The number of hydrogen-bond donors (Lipinski definition) is 3. The number of fused-ring (bicyclic) bond motifs is 1. The lowest BCUT2D eigenvalue weighted by Crippen LogP contribution is -2.35. The van der Waals surface area contributed by atoms with Crippen molar-refractivity contribution in [1.82, 2.24) is 10.8 Å². The fourth-order valence-corrected chi connectivity index (χ4v) is 2.74. The molecule has 1 aromatic heterocycles. The molecule has 27 heavy (non-hydrogen) atoms. The molecular formula is C21H16N2O4. The van der Waals surface area contributed by atoms with Crippen molar-refractivity contribution in [3.63, 3.8) is 0 Å². The second kappa shape index (κ2) is 6.63. The molecule has 2 aromatic carbocycles. The summed E-state index contributed by atoms with van der Waals surface area (Å²) in [5, 5.41) is 12.5. The number of carbonyl (C=O) groups excluding carboxylic acids is 2. The largest absolute Gasteiger partial charge is 0.451 e. The van der Waals surface area contributed by atoms with E-state index in [4.69, 9.17) is 9.62 Å². The van der Waals surface area contributed by atoms with E-state index < -0.39 is 11.4 Å². The second-order valence-electron chi connectivity index (χ2n) is 6.45. The first-order valence-corrected chi connectivity index (χ1v) is 8.47. The molecule has 6 heteroatoms. The van der Waals surface area contributed by atoms with Crippen molar-refractivity contribution in [1.29, 1.82) is 0 Å². The summed E-state index contributed by atoms with van der Waals surface area (Å²) in [4.78, 5) is 23.8. The lowest BCUT2D eigenvalue weighted by Gasteiger charge is -2.09. The number of para-hydroxylation sites is 1. The third-order valence-electron chi connectivity index (χ3n) is 4.45. The van der Waals surface area contributed by atoms with Crippen LogP contribution in [0.25, 0.3) is 11.0 Å². The fourth-order valence-electron chi connectivity index (χ4n) is 2.74. The zero-order chi connectivity index (χ0) is 18.9. The predicted octanol–water partition coefficient (Wildman–Crippen LogP) is 2.87. The van der Waals surface area contributed by atoms with Crippen LogP contribution in [-0.2, 0) is 0 Å². The molecule has 1 aliphatic rings. The van der Waals surface area contributed by atoms with Gasteiger partial charge in [0.2, 0.25) is 0 Å². The first-order chi connectivity index (χ1) is 13.1. The Bertz CT molecular complexity index is 1050. The Morgan fingerprint density at radius 3 is 2.44 bits per heavy atom. The van der Waals surface area contributed by atoms with Crippen molar-refractivity contribution in [3.8, 4) is 11.8 Å². The highest BCUT2D eigenvalue weighted by molar-refractivity contribution is 5.97. The minimum absolute atomic E-state index is 0.267. The van der Waals surface area contributed by atoms with Gasteiger partial charge in [0.25, 0.3) is 11.8 Å². The van der Waals surface area contributed by atoms with Gasteiger partial charge in [0, 0.05) is 16.5 Å². The van der Waals surface area contributed by atoms with Crippen molar-refractivity contribution in [2.24, 2.45) is 0 Å². The normalized spacial score (nSPS) is 14.1. The summed E-state index contributed by atoms with van der Waals surface area (Å²) >= 11 is 0. The number of carbonyl (C=O) groups is 2. The number of benzene rings is 2. The molecule has 0 radical (unpaired) electrons. The summed E-state index contributed by atoms with van der Waals surface area (Å²) in [7, 11) is 0. The van der Waals surface area contributed by atoms with E-state index in [1.165, 1.54) is 0 Å². The summed E-state index contributed by atoms with van der Waals surface area (Å²) in [6.45, 7) is 0. The van der Waals surface area contributed by atoms with Gasteiger partial charge in [0.05, 0.1) is 0 Å². The molecule has 0 atom stereocenters. The summed E-state index contributed by atoms with van der Waals surface area (Å²) < 4.78 is 5.59. The number of rotatable bonds is 3. The number of nitrogens with one attached hydrogen (secondary N) is 2. The van der Waals surface area contributed by atoms with Crippen LogP contribution in [0, 0.1) is 11.8 Å². The highest BCUT2D eigenvalue weighted by Crippen LogP contribution is 2.35. The van der Waals surface area contributed by atoms with E-state index in [9.17, 15) is 9.59 Å². The first kappa shape index (κ1) is 16.9. The highest BCUT2D eigenvalue weighted by atomic mass is 16.5. The van der Waals surface area contributed by atoms with Crippen LogP contribution in [-0.4, -0.2) is 22.6 Å². The molecule has 0 saturated heterocycles. The number of amides is 2. The Kier molecular flexibility index (Phi) is 4.15. The van der Waals surface area contributed by atoms with E-state index in [1.807, 2.05) is 24.3 Å². The summed E-state index contributed by atoms with van der Waals surface area (Å²) in [6, 6.07) is 15.7. The lowest BCUT2D eigenvalue weighted by molar-refractivity contribution is 0.0706. The average Bonchev–Trinajstić information content (AvgIpc) is 3.32. The Morgan fingerprint density at radius 2 is 1.78 bits per heavy atom. The zero-order valence-corrected chi connectivity index (χ0v) is 14.3. The molecule has 2 amide bonds. The quantitative estimate of drug-likeness (QED) is 0.380. The van der Waals surface area contributed by atoms with E-state index >= 15 is 0 Å². The third kappa shape index (κ3) is 3.54. The van der Waals surface area contributed by atoms with Gasteiger partial charge in [-0.05, 0) is 49.2 Å². The number of hydroxylamine groups is 1. The third-order valence-corrected chi connectivity index (χ3v) is 4.45. The molecule has 0 unspecified atom stereocenters. The Labute approximate surface area is 155 Å². The van der Waals surface area contributed by atoms with E-state index in [2.05, 4.69) is 17.2 Å². The fraction of sp³-hybridized carbons (Fsp3) is 0.143. The number of hydrogen-bond acceptors (Lipinski definition) is 4. The van der Waals surface area contributed by atoms with Crippen LogP contribution in [0.1, 0.15) is 39.3 Å². The molecular weight excluding hydrogens is 344 g/mol. The van der Waals surface area contributed by atoms with E-state index in [0.29, 0.717) is 16.7 Å². The minimum Gasteiger partial charge on any atom is -0.451 e. The van der Waals surface area contributed by atoms with Gasteiger partial charge in [-0.2, -0.15) is 0 Å². The maximum Gasteiger partial charge on any atom is 0.288 e. The molecule has 0 bridgehead atoms. The van der Waals surface area contributed by atoms with Crippen molar-refractivity contribution < 1.29 is 19.2 Å². The molecule has 0 spiro atoms. The standard InChI is InChI=1S/C21H16N2O4/c24-19(23-26)15-7-5-14(6-8-15)9-10-21(11-12-21)22-20(25)18-13-16-3-1-2-4-17(16)27-18/h1-8,13,26H,11-12H2,(H,22,25)(H,23,24). The molecule has 4 rings (SSSR count). The molecule has 134 valence electrons. The molecule has 3 N–H and O–H groups in total. The molecule has 1 aliphatic carbocycles. The van der Waals surface area contributed by atoms with Crippen LogP contribution in [0.5, 0.6) is 0 Å². The maximum absolute atomic E-state index is 12.5. The molecule has 1 saturated carbocycles. The smallest absolute Gasteiger partial charge is 0.288 e. The number of furan rings is 1. The molecule has 1 heterocycles. The van der Waals surface area contributed by atoms with Gasteiger partial charge in [-0.3, -0.25) is 14.8 Å². The molecule has 0 aliphatic heterocycles. The lowest BCUT2D eigenvalue weighted by atomic mass is 10.1. The van der Waals surface area contributed by atoms with E-state index in [1.54, 1.807) is 35.8 Å². The van der Waals surface area contributed by atoms with Gasteiger partial charge in [-0.1, -0.05) is 30.0 Å². The highest BCUT2D eigenvalue weighted by Gasteiger charge is 2.43. The van der Waals surface area contributed by atoms with Gasteiger partial charge in [0.1, 0.15) is 11.1 Å².